The molecule has 1 aromatic heterocycles. The smallest absolute Gasteiger partial charge is 0.339 e. The Morgan fingerprint density at radius 1 is 1.50 bits per heavy atom. The minimum absolute atomic E-state index is 0.225. The van der Waals surface area contributed by atoms with Gasteiger partial charge in [0.1, 0.15) is 17.1 Å². The summed E-state index contributed by atoms with van der Waals surface area (Å²) in [6, 6.07) is 2.30. The third-order valence-corrected chi connectivity index (χ3v) is 2.82. The van der Waals surface area contributed by atoms with E-state index in [0.717, 1.165) is 6.07 Å². The summed E-state index contributed by atoms with van der Waals surface area (Å²) in [5.41, 5.74) is -0.390. The Morgan fingerprint density at radius 2 is 2.21 bits per heavy atom. The van der Waals surface area contributed by atoms with E-state index in [9.17, 15) is 14.3 Å². The number of thiophene rings is 1. The first-order valence-corrected chi connectivity index (χ1v) is 4.61. The maximum Gasteiger partial charge on any atom is 0.339 e. The van der Waals surface area contributed by atoms with Gasteiger partial charge >= 0.3 is 5.97 Å². The molecule has 0 unspecified atom stereocenters. The largest absolute Gasteiger partial charge is 0.506 e. The number of aromatic carboxylic acids is 1. The molecular weight excluding hydrogens is 207 g/mol. The number of phenols is 1. The van der Waals surface area contributed by atoms with Crippen LogP contribution in [0.4, 0.5) is 4.39 Å². The molecule has 2 rings (SSSR count). The highest BCUT2D eigenvalue weighted by atomic mass is 32.1. The number of rotatable bonds is 1. The third-order valence-electron chi connectivity index (χ3n) is 1.88. The van der Waals surface area contributed by atoms with Gasteiger partial charge in [-0.1, -0.05) is 0 Å². The van der Waals surface area contributed by atoms with E-state index in [1.807, 2.05) is 0 Å². The maximum absolute atomic E-state index is 13.2. The Kier molecular flexibility index (Phi) is 1.89. The second-order valence-corrected chi connectivity index (χ2v) is 3.64. The Balaban J connectivity index is 2.93. The van der Waals surface area contributed by atoms with Gasteiger partial charge in [0.25, 0.3) is 0 Å². The van der Waals surface area contributed by atoms with Crippen LogP contribution in [0.2, 0.25) is 0 Å². The van der Waals surface area contributed by atoms with Crippen molar-refractivity contribution in [1.29, 1.82) is 0 Å². The quantitative estimate of drug-likeness (QED) is 0.763. The number of carbonyl (C=O) groups is 1. The molecule has 0 radical (unpaired) electrons. The first kappa shape index (κ1) is 8.96. The lowest BCUT2D eigenvalue weighted by Crippen LogP contribution is -2.00. The molecule has 2 aromatic rings. The van der Waals surface area contributed by atoms with Gasteiger partial charge in [0, 0.05) is 11.5 Å². The minimum atomic E-state index is -1.33. The van der Waals surface area contributed by atoms with Crippen LogP contribution in [0.3, 0.4) is 0 Å². The van der Waals surface area contributed by atoms with Gasteiger partial charge in [-0.3, -0.25) is 0 Å². The van der Waals surface area contributed by atoms with E-state index in [4.69, 9.17) is 5.11 Å². The molecule has 0 aliphatic rings. The van der Waals surface area contributed by atoms with Crippen LogP contribution in [0.5, 0.6) is 5.75 Å². The van der Waals surface area contributed by atoms with Gasteiger partial charge in [-0.25, -0.2) is 9.18 Å². The molecule has 0 atom stereocenters. The Bertz CT molecular complexity index is 518. The zero-order valence-electron chi connectivity index (χ0n) is 6.82. The normalized spacial score (nSPS) is 10.6. The molecule has 5 heteroatoms. The monoisotopic (exact) mass is 212 g/mol. The van der Waals surface area contributed by atoms with Crippen LogP contribution in [0.15, 0.2) is 17.5 Å². The van der Waals surface area contributed by atoms with Crippen LogP contribution >= 0.6 is 11.3 Å². The van der Waals surface area contributed by atoms with Crippen molar-refractivity contribution in [2.45, 2.75) is 0 Å². The zero-order valence-corrected chi connectivity index (χ0v) is 7.64. The summed E-state index contributed by atoms with van der Waals surface area (Å²) in [4.78, 5) is 10.7. The molecule has 0 saturated carbocycles. The molecule has 0 saturated heterocycles. The predicted molar refractivity (Wildman–Crippen MR) is 50.4 cm³/mol. The van der Waals surface area contributed by atoms with Gasteiger partial charge in [-0.05, 0) is 11.4 Å². The van der Waals surface area contributed by atoms with Crippen molar-refractivity contribution < 1.29 is 19.4 Å². The van der Waals surface area contributed by atoms with Crippen molar-refractivity contribution in [2.24, 2.45) is 0 Å². The number of carboxylic acids is 1. The van der Waals surface area contributed by atoms with Crippen molar-refractivity contribution in [3.63, 3.8) is 0 Å². The standard InChI is InChI=1S/C9H5FO3S/c10-5-3-6(11)8-4(1-2-14-8)7(5)9(12)13/h1-3,11H,(H,12,13). The van der Waals surface area contributed by atoms with Crippen LogP contribution in [-0.4, -0.2) is 16.2 Å². The van der Waals surface area contributed by atoms with Crippen LogP contribution in [0, 0.1) is 5.82 Å². The lowest BCUT2D eigenvalue weighted by atomic mass is 10.1. The Hall–Kier alpha value is -1.62. The summed E-state index contributed by atoms with van der Waals surface area (Å²) >= 11 is 1.17. The Labute approximate surface area is 82.0 Å². The van der Waals surface area contributed by atoms with Crippen LogP contribution in [0.1, 0.15) is 10.4 Å². The van der Waals surface area contributed by atoms with Crippen LogP contribution in [0.25, 0.3) is 10.1 Å². The second kappa shape index (κ2) is 2.95. The fourth-order valence-corrected chi connectivity index (χ4v) is 2.13. The van der Waals surface area contributed by atoms with E-state index in [0.29, 0.717) is 4.70 Å². The molecule has 72 valence electrons. The molecule has 1 aromatic carbocycles. The molecule has 0 aliphatic carbocycles. The van der Waals surface area contributed by atoms with E-state index >= 15 is 0 Å². The van der Waals surface area contributed by atoms with Gasteiger partial charge in [-0.15, -0.1) is 11.3 Å². The fraction of sp³-hybridized carbons (Fsp3) is 0. The lowest BCUT2D eigenvalue weighted by Gasteiger charge is -2.01. The number of fused-ring (bicyclic) bond motifs is 1. The van der Waals surface area contributed by atoms with Gasteiger partial charge in [-0.2, -0.15) is 0 Å². The molecule has 0 bridgehead atoms. The highest BCUT2D eigenvalue weighted by Crippen LogP contribution is 2.34. The van der Waals surface area contributed by atoms with E-state index in [-0.39, 0.29) is 16.7 Å². The fourth-order valence-electron chi connectivity index (χ4n) is 1.31. The van der Waals surface area contributed by atoms with E-state index in [1.165, 1.54) is 17.4 Å². The third kappa shape index (κ3) is 1.13. The number of aromatic hydroxyl groups is 1. The minimum Gasteiger partial charge on any atom is -0.506 e. The second-order valence-electron chi connectivity index (χ2n) is 2.72. The predicted octanol–water partition coefficient (Wildman–Crippen LogP) is 2.44. The lowest BCUT2D eigenvalue weighted by molar-refractivity contribution is 0.0694. The summed E-state index contributed by atoms with van der Waals surface area (Å²) in [6.45, 7) is 0. The zero-order chi connectivity index (χ0) is 10.3. The van der Waals surface area contributed by atoms with Crippen molar-refractivity contribution in [2.75, 3.05) is 0 Å². The average Bonchev–Trinajstić information content (AvgIpc) is 2.51. The van der Waals surface area contributed by atoms with E-state index in [2.05, 4.69) is 0 Å². The van der Waals surface area contributed by atoms with E-state index < -0.39 is 11.8 Å². The van der Waals surface area contributed by atoms with Gasteiger partial charge in [0.15, 0.2) is 0 Å². The summed E-state index contributed by atoms with van der Waals surface area (Å²) in [5, 5.41) is 19.9. The number of hydrogen-bond acceptors (Lipinski definition) is 3. The van der Waals surface area contributed by atoms with E-state index in [1.54, 1.807) is 5.38 Å². The molecular formula is C9H5FO3S. The topological polar surface area (TPSA) is 57.5 Å². The molecule has 0 amide bonds. The van der Waals surface area contributed by atoms with Gasteiger partial charge < -0.3 is 10.2 Å². The molecule has 14 heavy (non-hydrogen) atoms. The summed E-state index contributed by atoms with van der Waals surface area (Å²) in [6.07, 6.45) is 0. The average molecular weight is 212 g/mol. The van der Waals surface area contributed by atoms with Crippen molar-refractivity contribution in [3.8, 4) is 5.75 Å². The number of benzene rings is 1. The van der Waals surface area contributed by atoms with Crippen molar-refractivity contribution in [1.82, 2.24) is 0 Å². The summed E-state index contributed by atoms with van der Waals surface area (Å²) in [7, 11) is 0. The first-order valence-electron chi connectivity index (χ1n) is 3.73. The number of phenolic OH excluding ortho intramolecular Hbond substituents is 1. The van der Waals surface area contributed by atoms with Crippen LogP contribution < -0.4 is 0 Å². The number of carboxylic acid groups (broad SMARTS) is 1. The SMILES string of the molecule is O=C(O)c1c(F)cc(O)c2sccc12. The number of hydrogen-bond donors (Lipinski definition) is 2. The maximum atomic E-state index is 13.2. The molecule has 3 nitrogen and oxygen atoms in total. The molecule has 0 spiro atoms. The van der Waals surface area contributed by atoms with Gasteiger partial charge in [0.05, 0.1) is 4.70 Å². The van der Waals surface area contributed by atoms with Crippen molar-refractivity contribution >= 4 is 27.4 Å². The highest BCUT2D eigenvalue weighted by Gasteiger charge is 2.17. The Morgan fingerprint density at radius 3 is 2.86 bits per heavy atom. The highest BCUT2D eigenvalue weighted by molar-refractivity contribution is 7.17. The molecule has 1 heterocycles. The molecule has 0 aliphatic heterocycles. The summed E-state index contributed by atoms with van der Waals surface area (Å²) < 4.78 is 13.6. The van der Waals surface area contributed by atoms with Crippen molar-refractivity contribution in [3.05, 3.63) is 28.9 Å². The number of halogens is 1. The summed E-state index contributed by atoms with van der Waals surface area (Å²) in [5.74, 6) is -2.47. The first-order chi connectivity index (χ1) is 6.61. The molecule has 0 fully saturated rings. The molecule has 2 N–H and O–H groups in total. The van der Waals surface area contributed by atoms with Crippen LogP contribution in [-0.2, 0) is 0 Å². The van der Waals surface area contributed by atoms with Gasteiger partial charge in [0.2, 0.25) is 0 Å².